The fraction of sp³-hybridized carbons (Fsp3) is 0.647. The lowest BCUT2D eigenvalue weighted by atomic mass is 10.2. The molecule has 2 aliphatic rings. The normalized spacial score (nSPS) is 23.2. The summed E-state index contributed by atoms with van der Waals surface area (Å²) in [6, 6.07) is 3.37. The molecule has 0 radical (unpaired) electrons. The van der Waals surface area contributed by atoms with Gasteiger partial charge >= 0.3 is 6.03 Å². The Morgan fingerprint density at radius 1 is 1.29 bits per heavy atom. The Hall–Kier alpha value is -1.86. The average Bonchev–Trinajstić information content (AvgIpc) is 3.28. The number of anilines is 1. The lowest BCUT2D eigenvalue weighted by molar-refractivity contribution is 0.0524. The number of urea groups is 1. The van der Waals surface area contributed by atoms with Gasteiger partial charge in [-0.3, -0.25) is 0 Å². The Bertz CT molecular complexity index is 524. The van der Waals surface area contributed by atoms with Crippen molar-refractivity contribution in [1.29, 1.82) is 0 Å². The molecule has 0 aliphatic carbocycles. The highest BCUT2D eigenvalue weighted by molar-refractivity contribution is 5.90. The number of carbonyl (C=O) groups excluding carboxylic acids is 1. The predicted octanol–water partition coefficient (Wildman–Crippen LogP) is 2.28. The zero-order chi connectivity index (χ0) is 16.8. The van der Waals surface area contributed by atoms with Crippen molar-refractivity contribution in [3.05, 3.63) is 18.3 Å². The largest absolute Gasteiger partial charge is 0.480 e. The SMILES string of the molecule is COc1ncccc1NC(=O)N(C[C@H]1CCCO1)C[C@H]1CCCO1. The van der Waals surface area contributed by atoms with Gasteiger partial charge < -0.3 is 24.4 Å². The van der Waals surface area contributed by atoms with E-state index in [0.29, 0.717) is 24.7 Å². The van der Waals surface area contributed by atoms with Gasteiger partial charge in [0.25, 0.3) is 0 Å². The van der Waals surface area contributed by atoms with Crippen LogP contribution in [0.3, 0.4) is 0 Å². The quantitative estimate of drug-likeness (QED) is 0.863. The number of aromatic nitrogens is 1. The first kappa shape index (κ1) is 17.0. The van der Waals surface area contributed by atoms with E-state index in [1.54, 1.807) is 23.2 Å². The monoisotopic (exact) mass is 335 g/mol. The second-order valence-corrected chi connectivity index (χ2v) is 6.17. The Labute approximate surface area is 142 Å². The first-order valence-electron chi connectivity index (χ1n) is 8.54. The second-order valence-electron chi connectivity index (χ2n) is 6.17. The summed E-state index contributed by atoms with van der Waals surface area (Å²) in [6.07, 6.45) is 5.93. The summed E-state index contributed by atoms with van der Waals surface area (Å²) in [7, 11) is 1.54. The minimum Gasteiger partial charge on any atom is -0.480 e. The summed E-state index contributed by atoms with van der Waals surface area (Å²) >= 11 is 0. The molecule has 7 heteroatoms. The van der Waals surface area contributed by atoms with E-state index in [1.807, 2.05) is 0 Å². The van der Waals surface area contributed by atoms with Gasteiger partial charge in [-0.1, -0.05) is 0 Å². The van der Waals surface area contributed by atoms with Crippen molar-refractivity contribution >= 4 is 11.7 Å². The third-order valence-corrected chi connectivity index (χ3v) is 4.39. The Morgan fingerprint density at radius 3 is 2.50 bits per heavy atom. The van der Waals surface area contributed by atoms with E-state index >= 15 is 0 Å². The molecule has 2 saturated heterocycles. The van der Waals surface area contributed by atoms with E-state index < -0.39 is 0 Å². The number of methoxy groups -OCH3 is 1. The van der Waals surface area contributed by atoms with E-state index in [4.69, 9.17) is 14.2 Å². The topological polar surface area (TPSA) is 72.9 Å². The van der Waals surface area contributed by atoms with Crippen LogP contribution in [-0.2, 0) is 9.47 Å². The van der Waals surface area contributed by atoms with Crippen LogP contribution in [0.1, 0.15) is 25.7 Å². The fourth-order valence-corrected chi connectivity index (χ4v) is 3.15. The van der Waals surface area contributed by atoms with Crippen molar-refractivity contribution in [3.63, 3.8) is 0 Å². The summed E-state index contributed by atoms with van der Waals surface area (Å²) in [5.41, 5.74) is 0.565. The van der Waals surface area contributed by atoms with Crippen LogP contribution in [0.25, 0.3) is 0 Å². The van der Waals surface area contributed by atoms with Crippen molar-refractivity contribution in [2.45, 2.75) is 37.9 Å². The number of amides is 2. The van der Waals surface area contributed by atoms with Gasteiger partial charge in [0.1, 0.15) is 5.69 Å². The molecule has 2 fully saturated rings. The van der Waals surface area contributed by atoms with Crippen LogP contribution in [0, 0.1) is 0 Å². The van der Waals surface area contributed by atoms with Crippen LogP contribution < -0.4 is 10.1 Å². The molecule has 2 amide bonds. The van der Waals surface area contributed by atoms with Crippen molar-refractivity contribution in [2.24, 2.45) is 0 Å². The Morgan fingerprint density at radius 2 is 1.96 bits per heavy atom. The number of hydrogen-bond acceptors (Lipinski definition) is 5. The summed E-state index contributed by atoms with van der Waals surface area (Å²) < 4.78 is 16.6. The van der Waals surface area contributed by atoms with Crippen molar-refractivity contribution in [3.8, 4) is 5.88 Å². The average molecular weight is 335 g/mol. The molecule has 7 nitrogen and oxygen atoms in total. The maximum atomic E-state index is 12.8. The van der Waals surface area contributed by atoms with Gasteiger partial charge in [-0.05, 0) is 37.8 Å². The van der Waals surface area contributed by atoms with Gasteiger partial charge in [-0.2, -0.15) is 0 Å². The van der Waals surface area contributed by atoms with E-state index in [2.05, 4.69) is 10.3 Å². The molecule has 0 bridgehead atoms. The number of rotatable bonds is 6. The van der Waals surface area contributed by atoms with Gasteiger partial charge in [-0.15, -0.1) is 0 Å². The summed E-state index contributed by atoms with van der Waals surface area (Å²) in [5, 5.41) is 2.90. The Kier molecular flexibility index (Phi) is 5.87. The molecular formula is C17H25N3O4. The van der Waals surface area contributed by atoms with Gasteiger partial charge in [0.2, 0.25) is 5.88 Å². The van der Waals surface area contributed by atoms with Crippen molar-refractivity contribution in [2.75, 3.05) is 38.7 Å². The maximum absolute atomic E-state index is 12.8. The molecule has 0 unspecified atom stereocenters. The molecular weight excluding hydrogens is 310 g/mol. The standard InChI is InChI=1S/C17H25N3O4/c1-22-16-15(7-2-8-18-16)19-17(21)20(11-13-5-3-9-23-13)12-14-6-4-10-24-14/h2,7-8,13-14H,3-6,9-12H2,1H3,(H,19,21)/t13-,14-/m1/s1. The van der Waals surface area contributed by atoms with Gasteiger partial charge in [0.15, 0.2) is 0 Å². The molecule has 1 aromatic heterocycles. The van der Waals surface area contributed by atoms with E-state index in [9.17, 15) is 4.79 Å². The zero-order valence-corrected chi connectivity index (χ0v) is 14.1. The summed E-state index contributed by atoms with van der Waals surface area (Å²) in [6.45, 7) is 2.70. The molecule has 3 rings (SSSR count). The van der Waals surface area contributed by atoms with Crippen LogP contribution in [0.15, 0.2) is 18.3 Å². The highest BCUT2D eigenvalue weighted by Gasteiger charge is 2.27. The van der Waals surface area contributed by atoms with Crippen molar-refractivity contribution in [1.82, 2.24) is 9.88 Å². The molecule has 0 aromatic carbocycles. The molecule has 132 valence electrons. The number of hydrogen-bond donors (Lipinski definition) is 1. The third-order valence-electron chi connectivity index (χ3n) is 4.39. The molecule has 3 heterocycles. The maximum Gasteiger partial charge on any atom is 0.322 e. The zero-order valence-electron chi connectivity index (χ0n) is 14.1. The lowest BCUT2D eigenvalue weighted by Gasteiger charge is -2.28. The number of ether oxygens (including phenoxy) is 3. The van der Waals surface area contributed by atoms with Crippen LogP contribution >= 0.6 is 0 Å². The number of carbonyl (C=O) groups is 1. The molecule has 2 aliphatic heterocycles. The van der Waals surface area contributed by atoms with Crippen molar-refractivity contribution < 1.29 is 19.0 Å². The van der Waals surface area contributed by atoms with Gasteiger partial charge in [0, 0.05) is 32.5 Å². The summed E-state index contributed by atoms with van der Waals surface area (Å²) in [4.78, 5) is 18.7. The smallest absolute Gasteiger partial charge is 0.322 e. The number of nitrogens with zero attached hydrogens (tertiary/aromatic N) is 2. The lowest BCUT2D eigenvalue weighted by Crippen LogP contribution is -2.44. The third kappa shape index (κ3) is 4.36. The second kappa shape index (κ2) is 8.30. The molecule has 0 spiro atoms. The van der Waals surface area contributed by atoms with Crippen LogP contribution in [0.5, 0.6) is 5.88 Å². The van der Waals surface area contributed by atoms with Crippen LogP contribution in [-0.4, -0.2) is 61.5 Å². The minimum absolute atomic E-state index is 0.105. The molecule has 24 heavy (non-hydrogen) atoms. The van der Waals surface area contributed by atoms with Crippen LogP contribution in [0.4, 0.5) is 10.5 Å². The molecule has 1 N–H and O–H groups in total. The van der Waals surface area contributed by atoms with E-state index in [1.165, 1.54) is 7.11 Å². The van der Waals surface area contributed by atoms with E-state index in [0.717, 1.165) is 38.9 Å². The Balaban J connectivity index is 1.66. The van der Waals surface area contributed by atoms with Crippen LogP contribution in [0.2, 0.25) is 0 Å². The first-order chi connectivity index (χ1) is 11.8. The summed E-state index contributed by atoms with van der Waals surface area (Å²) in [5.74, 6) is 0.403. The highest BCUT2D eigenvalue weighted by atomic mass is 16.5. The predicted molar refractivity (Wildman–Crippen MR) is 89.3 cm³/mol. The molecule has 2 atom stereocenters. The number of nitrogens with one attached hydrogen (secondary N) is 1. The highest BCUT2D eigenvalue weighted by Crippen LogP contribution is 2.22. The minimum atomic E-state index is -0.174. The van der Waals surface area contributed by atoms with Gasteiger partial charge in [-0.25, -0.2) is 9.78 Å². The molecule has 0 saturated carbocycles. The molecule has 1 aromatic rings. The first-order valence-corrected chi connectivity index (χ1v) is 8.54. The number of pyridine rings is 1. The fourth-order valence-electron chi connectivity index (χ4n) is 3.15. The van der Waals surface area contributed by atoms with E-state index in [-0.39, 0.29) is 18.2 Å². The van der Waals surface area contributed by atoms with Gasteiger partial charge in [0.05, 0.1) is 19.3 Å².